The van der Waals surface area contributed by atoms with Crippen molar-refractivity contribution in [3.63, 3.8) is 0 Å². The highest BCUT2D eigenvalue weighted by atomic mass is 16.6. The molecule has 2 aromatic rings. The Kier molecular flexibility index (Phi) is 6.15. The maximum atomic E-state index is 12.1. The molecule has 0 saturated carbocycles. The molecule has 146 valence electrons. The number of hydrazone groups is 1. The summed E-state index contributed by atoms with van der Waals surface area (Å²) in [6.45, 7) is 1.17. The van der Waals surface area contributed by atoms with E-state index >= 15 is 0 Å². The zero-order chi connectivity index (χ0) is 19.9. The standard InChI is InChI=1S/C19H20N4O5/c24-18(19(25)22-10-3-1-2-4-11-22)21-20-13-16-8-9-17(28-16)14-6-5-7-15(12-14)23(26)27/h5-9,12-13H,1-4,10-11H2,(H,21,24)/b20-13-. The average Bonchev–Trinajstić information content (AvgIpc) is 3.00. The van der Waals surface area contributed by atoms with E-state index in [2.05, 4.69) is 10.5 Å². The van der Waals surface area contributed by atoms with Gasteiger partial charge in [-0.1, -0.05) is 25.0 Å². The molecule has 0 atom stereocenters. The van der Waals surface area contributed by atoms with Crippen molar-refractivity contribution in [1.29, 1.82) is 0 Å². The molecule has 1 fully saturated rings. The summed E-state index contributed by atoms with van der Waals surface area (Å²) >= 11 is 0. The molecular weight excluding hydrogens is 364 g/mol. The molecule has 1 aromatic carbocycles. The first-order valence-corrected chi connectivity index (χ1v) is 9.01. The molecule has 1 aliphatic rings. The van der Waals surface area contributed by atoms with Gasteiger partial charge in [-0.25, -0.2) is 5.43 Å². The second-order valence-corrected chi connectivity index (χ2v) is 6.41. The molecule has 0 unspecified atom stereocenters. The van der Waals surface area contributed by atoms with E-state index in [4.69, 9.17) is 4.42 Å². The minimum Gasteiger partial charge on any atom is -0.455 e. The highest BCUT2D eigenvalue weighted by Gasteiger charge is 2.22. The molecule has 1 aliphatic heterocycles. The number of carbonyl (C=O) groups is 2. The minimum atomic E-state index is -0.788. The summed E-state index contributed by atoms with van der Waals surface area (Å²) in [4.78, 5) is 36.0. The summed E-state index contributed by atoms with van der Waals surface area (Å²) in [5.41, 5.74) is 2.72. The maximum Gasteiger partial charge on any atom is 0.329 e. The Morgan fingerprint density at radius 1 is 1.14 bits per heavy atom. The number of hydrogen-bond acceptors (Lipinski definition) is 6. The van der Waals surface area contributed by atoms with E-state index in [-0.39, 0.29) is 5.69 Å². The number of benzene rings is 1. The van der Waals surface area contributed by atoms with Crippen LogP contribution in [0.5, 0.6) is 0 Å². The smallest absolute Gasteiger partial charge is 0.329 e. The minimum absolute atomic E-state index is 0.0385. The van der Waals surface area contributed by atoms with Crippen molar-refractivity contribution in [2.45, 2.75) is 25.7 Å². The fourth-order valence-electron chi connectivity index (χ4n) is 2.97. The maximum absolute atomic E-state index is 12.1. The number of likely N-dealkylation sites (tertiary alicyclic amines) is 1. The third kappa shape index (κ3) is 4.81. The van der Waals surface area contributed by atoms with Gasteiger partial charge in [0.15, 0.2) is 0 Å². The van der Waals surface area contributed by atoms with Gasteiger partial charge in [-0.15, -0.1) is 0 Å². The molecule has 9 heteroatoms. The first-order valence-electron chi connectivity index (χ1n) is 9.01. The molecule has 0 aliphatic carbocycles. The van der Waals surface area contributed by atoms with E-state index in [9.17, 15) is 19.7 Å². The zero-order valence-corrected chi connectivity index (χ0v) is 15.2. The fraction of sp³-hybridized carbons (Fsp3) is 0.316. The van der Waals surface area contributed by atoms with Gasteiger partial charge in [-0.05, 0) is 25.0 Å². The SMILES string of the molecule is O=C(N/N=C\c1ccc(-c2cccc([N+](=O)[O-])c2)o1)C(=O)N1CCCCCC1. The van der Waals surface area contributed by atoms with Gasteiger partial charge in [0.1, 0.15) is 11.5 Å². The number of amides is 2. The fourth-order valence-corrected chi connectivity index (χ4v) is 2.97. The second-order valence-electron chi connectivity index (χ2n) is 6.41. The Balaban J connectivity index is 1.59. The highest BCUT2D eigenvalue weighted by Crippen LogP contribution is 2.25. The van der Waals surface area contributed by atoms with E-state index < -0.39 is 16.7 Å². The molecule has 1 saturated heterocycles. The normalized spacial score (nSPS) is 14.6. The Morgan fingerprint density at radius 2 is 1.89 bits per heavy atom. The zero-order valence-electron chi connectivity index (χ0n) is 15.2. The van der Waals surface area contributed by atoms with Crippen LogP contribution in [0, 0.1) is 10.1 Å². The number of hydrogen-bond donors (Lipinski definition) is 1. The van der Waals surface area contributed by atoms with Crippen LogP contribution in [-0.2, 0) is 9.59 Å². The molecule has 2 heterocycles. The van der Waals surface area contributed by atoms with Crippen molar-refractivity contribution in [3.05, 3.63) is 52.3 Å². The third-order valence-corrected chi connectivity index (χ3v) is 4.41. The van der Waals surface area contributed by atoms with Gasteiger partial charge >= 0.3 is 11.8 Å². The van der Waals surface area contributed by atoms with Crippen LogP contribution < -0.4 is 5.43 Å². The lowest BCUT2D eigenvalue weighted by atomic mass is 10.1. The van der Waals surface area contributed by atoms with Crippen LogP contribution in [0.15, 0.2) is 45.9 Å². The summed E-state index contributed by atoms with van der Waals surface area (Å²) in [6.07, 6.45) is 5.20. The molecule has 28 heavy (non-hydrogen) atoms. The summed E-state index contributed by atoms with van der Waals surface area (Å²) in [5, 5.41) is 14.6. The van der Waals surface area contributed by atoms with Crippen molar-refractivity contribution in [1.82, 2.24) is 10.3 Å². The Bertz CT molecular complexity index is 897. The Morgan fingerprint density at radius 3 is 2.61 bits per heavy atom. The van der Waals surface area contributed by atoms with Crippen LogP contribution in [0.4, 0.5) is 5.69 Å². The number of nitro groups is 1. The third-order valence-electron chi connectivity index (χ3n) is 4.41. The van der Waals surface area contributed by atoms with Crippen molar-refractivity contribution >= 4 is 23.7 Å². The topological polar surface area (TPSA) is 118 Å². The van der Waals surface area contributed by atoms with Crippen LogP contribution in [0.1, 0.15) is 31.4 Å². The average molecular weight is 384 g/mol. The molecule has 0 radical (unpaired) electrons. The van der Waals surface area contributed by atoms with E-state index in [0.717, 1.165) is 25.7 Å². The molecular formula is C19H20N4O5. The van der Waals surface area contributed by atoms with Crippen LogP contribution in [0.2, 0.25) is 0 Å². The molecule has 9 nitrogen and oxygen atoms in total. The van der Waals surface area contributed by atoms with Gasteiger partial charge in [-0.3, -0.25) is 19.7 Å². The second kappa shape index (κ2) is 8.94. The monoisotopic (exact) mass is 384 g/mol. The first-order chi connectivity index (χ1) is 13.5. The van der Waals surface area contributed by atoms with Gasteiger partial charge in [0, 0.05) is 30.8 Å². The van der Waals surface area contributed by atoms with Crippen molar-refractivity contribution in [3.8, 4) is 11.3 Å². The van der Waals surface area contributed by atoms with Crippen LogP contribution >= 0.6 is 0 Å². The van der Waals surface area contributed by atoms with Gasteiger partial charge in [0.2, 0.25) is 0 Å². The van der Waals surface area contributed by atoms with Crippen LogP contribution in [-0.4, -0.2) is 40.9 Å². The summed E-state index contributed by atoms with van der Waals surface area (Å²) in [6, 6.07) is 9.31. The molecule has 0 spiro atoms. The quantitative estimate of drug-likeness (QED) is 0.376. The molecule has 1 N–H and O–H groups in total. The van der Waals surface area contributed by atoms with Crippen molar-refractivity contribution < 1.29 is 18.9 Å². The first kappa shape index (κ1) is 19.3. The van der Waals surface area contributed by atoms with Gasteiger partial charge in [0.25, 0.3) is 5.69 Å². The number of nitrogens with one attached hydrogen (secondary N) is 1. The lowest BCUT2D eigenvalue weighted by molar-refractivity contribution is -0.384. The van der Waals surface area contributed by atoms with Crippen molar-refractivity contribution in [2.75, 3.05) is 13.1 Å². The van der Waals surface area contributed by atoms with E-state index in [1.54, 1.807) is 29.2 Å². The number of nitro benzene ring substituents is 1. The highest BCUT2D eigenvalue weighted by molar-refractivity contribution is 6.35. The number of furan rings is 1. The lowest BCUT2D eigenvalue weighted by Gasteiger charge is -2.18. The van der Waals surface area contributed by atoms with Crippen LogP contribution in [0.3, 0.4) is 0 Å². The summed E-state index contributed by atoms with van der Waals surface area (Å²) < 4.78 is 5.56. The largest absolute Gasteiger partial charge is 0.455 e. The van der Waals surface area contributed by atoms with E-state index in [1.165, 1.54) is 18.3 Å². The van der Waals surface area contributed by atoms with E-state index in [0.29, 0.717) is 30.2 Å². The molecule has 0 bridgehead atoms. The summed E-state index contributed by atoms with van der Waals surface area (Å²) in [7, 11) is 0. The Labute approximate surface area is 161 Å². The predicted molar refractivity (Wildman–Crippen MR) is 102 cm³/mol. The Hall–Kier alpha value is -3.49. The van der Waals surface area contributed by atoms with Gasteiger partial charge < -0.3 is 9.32 Å². The predicted octanol–water partition coefficient (Wildman–Crippen LogP) is 2.71. The van der Waals surface area contributed by atoms with E-state index in [1.807, 2.05) is 0 Å². The van der Waals surface area contributed by atoms with Gasteiger partial charge in [-0.2, -0.15) is 5.10 Å². The van der Waals surface area contributed by atoms with Gasteiger partial charge in [0.05, 0.1) is 11.1 Å². The number of rotatable bonds is 4. The summed E-state index contributed by atoms with van der Waals surface area (Å²) in [5.74, 6) is -0.611. The van der Waals surface area contributed by atoms with Crippen molar-refractivity contribution in [2.24, 2.45) is 5.10 Å². The molecule has 1 aromatic heterocycles. The number of nitrogens with zero attached hydrogens (tertiary/aromatic N) is 3. The molecule has 3 rings (SSSR count). The number of non-ortho nitro benzene ring substituents is 1. The number of carbonyl (C=O) groups excluding carboxylic acids is 2. The van der Waals surface area contributed by atoms with Crippen LogP contribution in [0.25, 0.3) is 11.3 Å². The lowest BCUT2D eigenvalue weighted by Crippen LogP contribution is -2.41. The molecule has 2 amide bonds.